The summed E-state index contributed by atoms with van der Waals surface area (Å²) in [5.74, 6) is -1.33. The summed E-state index contributed by atoms with van der Waals surface area (Å²) in [7, 11) is -4.00. The Labute approximate surface area is 236 Å². The summed E-state index contributed by atoms with van der Waals surface area (Å²) in [6.45, 7) is 3.71. The molecule has 3 aromatic rings. The smallest absolute Gasteiger partial charge is 0.308 e. The molecule has 9 nitrogen and oxygen atoms in total. The van der Waals surface area contributed by atoms with Crippen LogP contribution in [0.4, 0.5) is 4.39 Å². The number of ether oxygens (including phenoxy) is 1. The summed E-state index contributed by atoms with van der Waals surface area (Å²) in [4.78, 5) is 36.3. The van der Waals surface area contributed by atoms with Gasteiger partial charge in [0, 0.05) is 43.3 Å². The molecule has 214 valence electrons. The van der Waals surface area contributed by atoms with Crippen LogP contribution in [-0.4, -0.2) is 47.2 Å². The third-order valence-corrected chi connectivity index (χ3v) is 7.96. The van der Waals surface area contributed by atoms with Crippen molar-refractivity contribution in [2.24, 2.45) is 5.92 Å². The van der Waals surface area contributed by atoms with Gasteiger partial charge in [-0.05, 0) is 49.1 Å². The average molecular weight is 592 g/mol. The summed E-state index contributed by atoms with van der Waals surface area (Å²) in [6, 6.07) is 15.3. The van der Waals surface area contributed by atoms with Crippen molar-refractivity contribution < 1.29 is 41.6 Å². The molecular formula is C28H30FNO8S2. The molecule has 1 atom stereocenters. The van der Waals surface area contributed by atoms with Crippen molar-refractivity contribution in [2.75, 3.05) is 6.54 Å². The number of aliphatic carboxylic acids is 1. The summed E-state index contributed by atoms with van der Waals surface area (Å²) in [5, 5.41) is 8.00. The van der Waals surface area contributed by atoms with Crippen molar-refractivity contribution in [3.05, 3.63) is 82.5 Å². The highest BCUT2D eigenvalue weighted by Gasteiger charge is 2.40. The molecule has 5 rings (SSSR count). The molecule has 0 bridgehead atoms. The zero-order chi connectivity index (χ0) is 29.4. The van der Waals surface area contributed by atoms with Gasteiger partial charge in [0.25, 0.3) is 16.1 Å². The highest BCUT2D eigenvalue weighted by molar-refractivity contribution is 7.85. The quantitative estimate of drug-likeness (QED) is 0.302. The lowest BCUT2D eigenvalue weighted by Crippen LogP contribution is -2.38. The van der Waals surface area contributed by atoms with Crippen LogP contribution in [0, 0.1) is 11.7 Å². The predicted octanol–water partition coefficient (Wildman–Crippen LogP) is 4.92. The molecule has 0 saturated heterocycles. The van der Waals surface area contributed by atoms with Crippen molar-refractivity contribution in [3.63, 3.8) is 0 Å². The van der Waals surface area contributed by atoms with E-state index in [1.807, 2.05) is 6.07 Å². The molecule has 2 aliphatic rings. The summed E-state index contributed by atoms with van der Waals surface area (Å²) in [5.41, 5.74) is 1.52. The molecule has 40 heavy (non-hydrogen) atoms. The first kappa shape index (κ1) is 31.1. The molecule has 1 aliphatic carbocycles. The van der Waals surface area contributed by atoms with E-state index in [2.05, 4.69) is 4.90 Å². The van der Waals surface area contributed by atoms with E-state index in [0.717, 1.165) is 31.7 Å². The van der Waals surface area contributed by atoms with Gasteiger partial charge in [0.2, 0.25) is 0 Å². The van der Waals surface area contributed by atoms with Gasteiger partial charge in [0.15, 0.2) is 10.8 Å². The van der Waals surface area contributed by atoms with E-state index in [1.54, 1.807) is 36.4 Å². The number of benzene rings is 2. The van der Waals surface area contributed by atoms with E-state index in [1.165, 1.54) is 41.3 Å². The number of carboxylic acids is 1. The number of halogens is 1. The van der Waals surface area contributed by atoms with Crippen LogP contribution in [0.1, 0.15) is 48.7 Å². The maximum absolute atomic E-state index is 14.4. The van der Waals surface area contributed by atoms with Crippen LogP contribution < -0.4 is 4.74 Å². The van der Waals surface area contributed by atoms with Gasteiger partial charge in [-0.15, -0.1) is 11.3 Å². The second-order valence-electron chi connectivity index (χ2n) is 9.24. The zero-order valence-electron chi connectivity index (χ0n) is 21.9. The van der Waals surface area contributed by atoms with Crippen molar-refractivity contribution in [1.82, 2.24) is 4.90 Å². The predicted molar refractivity (Wildman–Crippen MR) is 146 cm³/mol. The number of hydrogen-bond acceptors (Lipinski definition) is 8. The van der Waals surface area contributed by atoms with Crippen molar-refractivity contribution in [1.29, 1.82) is 0 Å². The van der Waals surface area contributed by atoms with E-state index in [0.29, 0.717) is 23.7 Å². The Morgan fingerprint density at radius 1 is 1.05 bits per heavy atom. The Morgan fingerprint density at radius 2 is 1.65 bits per heavy atom. The number of esters is 1. The van der Waals surface area contributed by atoms with Crippen LogP contribution in [0.3, 0.4) is 0 Å². The number of thiophene rings is 1. The lowest BCUT2D eigenvalue weighted by atomic mass is 9.95. The molecule has 1 saturated carbocycles. The SMILES string of the molecule is CC(=O)O.CC(=O)Oc1cc2c(s1)CCN(C(C(=O)C1CC1)c1ccccc1F)C2.O=S(=O)(O)c1ccccc1. The number of fused-ring (bicyclic) bond motifs is 1. The fraction of sp³-hybridized carbons (Fsp3) is 0.321. The van der Waals surface area contributed by atoms with E-state index in [9.17, 15) is 22.4 Å². The monoisotopic (exact) mass is 591 g/mol. The van der Waals surface area contributed by atoms with E-state index >= 15 is 0 Å². The topological polar surface area (TPSA) is 138 Å². The molecular weight excluding hydrogens is 561 g/mol. The highest BCUT2D eigenvalue weighted by Crippen LogP contribution is 2.41. The number of hydrogen-bond donors (Lipinski definition) is 2. The molecule has 12 heteroatoms. The fourth-order valence-corrected chi connectivity index (χ4v) is 5.70. The number of carbonyl (C=O) groups is 3. The molecule has 1 unspecified atom stereocenters. The third kappa shape index (κ3) is 9.05. The second-order valence-corrected chi connectivity index (χ2v) is 11.8. The summed E-state index contributed by atoms with van der Waals surface area (Å²) < 4.78 is 48.9. The van der Waals surface area contributed by atoms with Gasteiger partial charge in [-0.2, -0.15) is 8.42 Å². The third-order valence-electron chi connectivity index (χ3n) is 5.97. The molecule has 2 aromatic carbocycles. The molecule has 2 heterocycles. The van der Waals surface area contributed by atoms with Gasteiger partial charge >= 0.3 is 5.97 Å². The van der Waals surface area contributed by atoms with Gasteiger partial charge in [-0.25, -0.2) is 4.39 Å². The zero-order valence-corrected chi connectivity index (χ0v) is 23.6. The normalized spacial score (nSPS) is 15.3. The first-order chi connectivity index (χ1) is 18.9. The molecule has 0 amide bonds. The standard InChI is InChI=1S/C20H20FNO3S.C6H6O3S.C2H4O2/c1-12(23)25-18-10-14-11-22(9-8-17(14)26-18)19(20(24)13-6-7-13)15-4-2-3-5-16(15)21;7-10(8,9)6-4-2-1-3-5-6;1-2(3)4/h2-5,10,13,19H,6-9,11H2,1H3;1-5H,(H,7,8,9);1H3,(H,3,4). The molecule has 0 radical (unpaired) electrons. The summed E-state index contributed by atoms with van der Waals surface area (Å²) >= 11 is 1.47. The van der Waals surface area contributed by atoms with Crippen LogP contribution in [0.25, 0.3) is 0 Å². The van der Waals surface area contributed by atoms with Crippen molar-refractivity contribution in [2.45, 2.75) is 50.6 Å². The average Bonchev–Trinajstić information content (AvgIpc) is 3.65. The Morgan fingerprint density at radius 3 is 2.17 bits per heavy atom. The number of carboxylic acid groups (broad SMARTS) is 1. The molecule has 1 fully saturated rings. The Kier molecular flexibility index (Phi) is 10.7. The Balaban J connectivity index is 0.000000261. The molecule has 2 N–H and O–H groups in total. The number of Topliss-reactive ketones (excluding diaryl/α,β-unsaturated/α-hetero) is 1. The lowest BCUT2D eigenvalue weighted by Gasteiger charge is -2.34. The number of carbonyl (C=O) groups excluding carboxylic acids is 2. The van der Waals surface area contributed by atoms with Gasteiger partial charge in [-0.1, -0.05) is 36.4 Å². The van der Waals surface area contributed by atoms with Crippen LogP contribution in [0.2, 0.25) is 0 Å². The maximum atomic E-state index is 14.4. The number of nitrogens with zero attached hydrogens (tertiary/aromatic N) is 1. The largest absolute Gasteiger partial charge is 0.481 e. The van der Waals surface area contributed by atoms with Gasteiger partial charge < -0.3 is 9.84 Å². The van der Waals surface area contributed by atoms with Crippen LogP contribution in [0.5, 0.6) is 5.06 Å². The second kappa shape index (κ2) is 13.8. The van der Waals surface area contributed by atoms with Gasteiger partial charge in [-0.3, -0.25) is 23.8 Å². The van der Waals surface area contributed by atoms with Crippen molar-refractivity contribution >= 4 is 39.2 Å². The van der Waals surface area contributed by atoms with Crippen LogP contribution in [0.15, 0.2) is 65.6 Å². The minimum Gasteiger partial charge on any atom is -0.481 e. The van der Waals surface area contributed by atoms with Crippen LogP contribution >= 0.6 is 11.3 Å². The van der Waals surface area contributed by atoms with E-state index < -0.39 is 22.1 Å². The Bertz CT molecular complexity index is 1450. The van der Waals surface area contributed by atoms with E-state index in [-0.39, 0.29) is 28.4 Å². The first-order valence-corrected chi connectivity index (χ1v) is 14.7. The van der Waals surface area contributed by atoms with E-state index in [4.69, 9.17) is 19.2 Å². The molecule has 1 aliphatic heterocycles. The highest BCUT2D eigenvalue weighted by atomic mass is 32.2. The maximum Gasteiger partial charge on any atom is 0.308 e. The lowest BCUT2D eigenvalue weighted by molar-refractivity contribution is -0.134. The summed E-state index contributed by atoms with van der Waals surface area (Å²) in [6.07, 6.45) is 2.57. The number of rotatable bonds is 6. The molecule has 1 aromatic heterocycles. The number of ketones is 1. The van der Waals surface area contributed by atoms with Gasteiger partial charge in [0.05, 0.1) is 10.9 Å². The van der Waals surface area contributed by atoms with Crippen molar-refractivity contribution in [3.8, 4) is 5.06 Å². The molecule has 0 spiro atoms. The van der Waals surface area contributed by atoms with Gasteiger partial charge in [0.1, 0.15) is 5.82 Å². The minimum atomic E-state index is -4.00. The fourth-order valence-electron chi connectivity index (χ4n) is 4.15. The van der Waals surface area contributed by atoms with Crippen LogP contribution in [-0.2, 0) is 37.5 Å². The first-order valence-electron chi connectivity index (χ1n) is 12.4. The minimum absolute atomic E-state index is 0.0556. The Hall–Kier alpha value is -3.45.